The van der Waals surface area contributed by atoms with Crippen molar-refractivity contribution in [2.75, 3.05) is 5.32 Å². The standard InChI is InChI=1S/C17H16ClNO3/c1-2-5-16(20)22-13-10-8-12(9-11-13)19-17(21)14-6-3-4-7-15(14)18/h3-4,6-11H,2,5H2,1H3,(H,19,21). The number of hydrogen-bond acceptors (Lipinski definition) is 3. The first-order chi connectivity index (χ1) is 10.6. The van der Waals surface area contributed by atoms with Gasteiger partial charge in [-0.25, -0.2) is 0 Å². The number of anilines is 1. The van der Waals surface area contributed by atoms with Gasteiger partial charge in [0.2, 0.25) is 0 Å². The molecule has 0 fully saturated rings. The van der Waals surface area contributed by atoms with E-state index in [0.29, 0.717) is 28.4 Å². The van der Waals surface area contributed by atoms with Crippen molar-refractivity contribution in [1.82, 2.24) is 0 Å². The average Bonchev–Trinajstić information content (AvgIpc) is 2.50. The third kappa shape index (κ3) is 4.33. The van der Waals surface area contributed by atoms with Gasteiger partial charge in [-0.15, -0.1) is 0 Å². The van der Waals surface area contributed by atoms with Gasteiger partial charge in [-0.3, -0.25) is 9.59 Å². The molecule has 0 saturated carbocycles. The van der Waals surface area contributed by atoms with Crippen LogP contribution in [0.1, 0.15) is 30.1 Å². The van der Waals surface area contributed by atoms with Crippen LogP contribution in [0, 0.1) is 0 Å². The lowest BCUT2D eigenvalue weighted by molar-refractivity contribution is -0.134. The maximum Gasteiger partial charge on any atom is 0.311 e. The van der Waals surface area contributed by atoms with Crippen LogP contribution in [0.5, 0.6) is 5.75 Å². The van der Waals surface area contributed by atoms with E-state index in [2.05, 4.69) is 5.32 Å². The highest BCUT2D eigenvalue weighted by atomic mass is 35.5. The first-order valence-electron chi connectivity index (χ1n) is 6.96. The molecule has 0 aliphatic carbocycles. The van der Waals surface area contributed by atoms with E-state index in [0.717, 1.165) is 6.42 Å². The molecule has 0 atom stereocenters. The fourth-order valence-corrected chi connectivity index (χ4v) is 2.06. The van der Waals surface area contributed by atoms with E-state index < -0.39 is 0 Å². The minimum Gasteiger partial charge on any atom is -0.427 e. The van der Waals surface area contributed by atoms with Crippen molar-refractivity contribution in [3.63, 3.8) is 0 Å². The summed E-state index contributed by atoms with van der Waals surface area (Å²) in [5.41, 5.74) is 1.00. The SMILES string of the molecule is CCCC(=O)Oc1ccc(NC(=O)c2ccccc2Cl)cc1. The molecule has 0 bridgehead atoms. The van der Waals surface area contributed by atoms with Gasteiger partial charge in [0.1, 0.15) is 5.75 Å². The van der Waals surface area contributed by atoms with Gasteiger partial charge < -0.3 is 10.1 Å². The van der Waals surface area contributed by atoms with Crippen LogP contribution in [-0.2, 0) is 4.79 Å². The topological polar surface area (TPSA) is 55.4 Å². The number of amides is 1. The predicted octanol–water partition coefficient (Wildman–Crippen LogP) is 4.30. The van der Waals surface area contributed by atoms with Gasteiger partial charge in [0.25, 0.3) is 5.91 Å². The number of carbonyl (C=O) groups excluding carboxylic acids is 2. The molecular weight excluding hydrogens is 302 g/mol. The van der Waals surface area contributed by atoms with Crippen LogP contribution in [-0.4, -0.2) is 11.9 Å². The normalized spacial score (nSPS) is 10.1. The van der Waals surface area contributed by atoms with Gasteiger partial charge in [-0.05, 0) is 42.8 Å². The Balaban J connectivity index is 2.01. The molecule has 0 spiro atoms. The van der Waals surface area contributed by atoms with Crippen LogP contribution < -0.4 is 10.1 Å². The van der Waals surface area contributed by atoms with Gasteiger partial charge >= 0.3 is 5.97 Å². The van der Waals surface area contributed by atoms with Crippen molar-refractivity contribution in [3.05, 3.63) is 59.1 Å². The number of halogens is 1. The van der Waals surface area contributed by atoms with Gasteiger partial charge in [0.05, 0.1) is 10.6 Å². The van der Waals surface area contributed by atoms with Crippen molar-refractivity contribution in [2.45, 2.75) is 19.8 Å². The van der Waals surface area contributed by atoms with Gasteiger partial charge in [0, 0.05) is 12.1 Å². The van der Waals surface area contributed by atoms with Gasteiger partial charge in [-0.2, -0.15) is 0 Å². The summed E-state index contributed by atoms with van der Waals surface area (Å²) >= 11 is 5.98. The van der Waals surface area contributed by atoms with Gasteiger partial charge in [-0.1, -0.05) is 30.7 Å². The average molecular weight is 318 g/mol. The molecule has 0 unspecified atom stereocenters. The third-order valence-electron chi connectivity index (χ3n) is 2.92. The Hall–Kier alpha value is -2.33. The molecule has 0 aromatic heterocycles. The summed E-state index contributed by atoms with van der Waals surface area (Å²) in [5, 5.41) is 3.13. The Labute approximate surface area is 134 Å². The van der Waals surface area contributed by atoms with E-state index in [-0.39, 0.29) is 11.9 Å². The molecule has 0 heterocycles. The minimum atomic E-state index is -0.290. The maximum atomic E-state index is 12.1. The van der Waals surface area contributed by atoms with E-state index in [1.807, 2.05) is 6.92 Å². The Morgan fingerprint density at radius 1 is 1.09 bits per heavy atom. The number of benzene rings is 2. The molecule has 114 valence electrons. The molecule has 1 amide bonds. The first-order valence-corrected chi connectivity index (χ1v) is 7.34. The molecule has 1 N–H and O–H groups in total. The van der Waals surface area contributed by atoms with Crippen LogP contribution in [0.3, 0.4) is 0 Å². The number of rotatable bonds is 5. The third-order valence-corrected chi connectivity index (χ3v) is 3.25. The number of nitrogens with one attached hydrogen (secondary N) is 1. The predicted molar refractivity (Wildman–Crippen MR) is 86.4 cm³/mol. The number of hydrogen-bond donors (Lipinski definition) is 1. The molecule has 2 aromatic rings. The summed E-state index contributed by atoms with van der Waals surface area (Å²) in [5.74, 6) is -0.106. The smallest absolute Gasteiger partial charge is 0.311 e. The van der Waals surface area contributed by atoms with Crippen LogP contribution in [0.25, 0.3) is 0 Å². The minimum absolute atomic E-state index is 0.268. The number of esters is 1. The Kier molecular flexibility index (Phi) is 5.55. The second-order valence-corrected chi connectivity index (χ2v) is 5.09. The summed E-state index contributed by atoms with van der Waals surface area (Å²) in [4.78, 5) is 23.5. The summed E-state index contributed by atoms with van der Waals surface area (Å²) in [6.45, 7) is 1.91. The molecule has 2 aromatic carbocycles. The molecular formula is C17H16ClNO3. The zero-order chi connectivity index (χ0) is 15.9. The van der Waals surface area contributed by atoms with E-state index in [9.17, 15) is 9.59 Å². The Morgan fingerprint density at radius 2 is 1.77 bits per heavy atom. The fourth-order valence-electron chi connectivity index (χ4n) is 1.84. The van der Waals surface area contributed by atoms with Crippen molar-refractivity contribution >= 4 is 29.2 Å². The van der Waals surface area contributed by atoms with E-state index in [1.54, 1.807) is 48.5 Å². The zero-order valence-corrected chi connectivity index (χ0v) is 12.9. The summed E-state index contributed by atoms with van der Waals surface area (Å²) in [7, 11) is 0. The highest BCUT2D eigenvalue weighted by molar-refractivity contribution is 6.34. The molecule has 5 heteroatoms. The molecule has 22 heavy (non-hydrogen) atoms. The zero-order valence-electron chi connectivity index (χ0n) is 12.1. The van der Waals surface area contributed by atoms with Gasteiger partial charge in [0.15, 0.2) is 0 Å². The highest BCUT2D eigenvalue weighted by Gasteiger charge is 2.10. The first kappa shape index (κ1) is 16.0. The van der Waals surface area contributed by atoms with E-state index >= 15 is 0 Å². The Bertz CT molecular complexity index is 668. The van der Waals surface area contributed by atoms with Crippen molar-refractivity contribution in [3.8, 4) is 5.75 Å². The second kappa shape index (κ2) is 7.61. The summed E-state index contributed by atoms with van der Waals surface area (Å²) in [6, 6.07) is 13.4. The fraction of sp³-hybridized carbons (Fsp3) is 0.176. The van der Waals surface area contributed by atoms with Crippen LogP contribution >= 0.6 is 11.6 Å². The molecule has 2 rings (SSSR count). The van der Waals surface area contributed by atoms with Crippen LogP contribution in [0.15, 0.2) is 48.5 Å². The Morgan fingerprint density at radius 3 is 2.41 bits per heavy atom. The molecule has 0 aliphatic heterocycles. The molecule has 4 nitrogen and oxygen atoms in total. The van der Waals surface area contributed by atoms with E-state index in [1.165, 1.54) is 0 Å². The molecule has 0 radical (unpaired) electrons. The molecule has 0 aliphatic rings. The maximum absolute atomic E-state index is 12.1. The largest absolute Gasteiger partial charge is 0.427 e. The summed E-state index contributed by atoms with van der Waals surface area (Å²) < 4.78 is 5.15. The van der Waals surface area contributed by atoms with Crippen LogP contribution in [0.4, 0.5) is 5.69 Å². The lowest BCUT2D eigenvalue weighted by Gasteiger charge is -2.08. The lowest BCUT2D eigenvalue weighted by atomic mass is 10.2. The van der Waals surface area contributed by atoms with Crippen LogP contribution in [0.2, 0.25) is 5.02 Å². The quantitative estimate of drug-likeness (QED) is 0.661. The second-order valence-electron chi connectivity index (χ2n) is 4.68. The monoisotopic (exact) mass is 317 g/mol. The highest BCUT2D eigenvalue weighted by Crippen LogP contribution is 2.19. The lowest BCUT2D eigenvalue weighted by Crippen LogP contribution is -2.12. The summed E-state index contributed by atoms with van der Waals surface area (Å²) in [6.07, 6.45) is 1.12. The number of ether oxygens (including phenoxy) is 1. The van der Waals surface area contributed by atoms with Crippen molar-refractivity contribution in [2.24, 2.45) is 0 Å². The van der Waals surface area contributed by atoms with Crippen molar-refractivity contribution < 1.29 is 14.3 Å². The van der Waals surface area contributed by atoms with Crippen molar-refractivity contribution in [1.29, 1.82) is 0 Å². The molecule has 0 saturated heterocycles. The number of carbonyl (C=O) groups is 2. The van der Waals surface area contributed by atoms with E-state index in [4.69, 9.17) is 16.3 Å².